The number of nitrogens with two attached hydrogens (primary N) is 1. The molecule has 0 fully saturated rings. The van der Waals surface area contributed by atoms with Crippen molar-refractivity contribution in [1.82, 2.24) is 0 Å². The zero-order chi connectivity index (χ0) is 14.4. The number of carbonyl (C=O) groups excluding carboxylic acids is 1. The Bertz CT molecular complexity index is 672. The van der Waals surface area contributed by atoms with Crippen molar-refractivity contribution in [2.75, 3.05) is 11.9 Å². The predicted octanol–water partition coefficient (Wildman–Crippen LogP) is 2.90. The molecule has 3 nitrogen and oxygen atoms in total. The van der Waals surface area contributed by atoms with E-state index in [9.17, 15) is 4.79 Å². The van der Waals surface area contributed by atoms with E-state index >= 15 is 0 Å². The fourth-order valence-corrected chi connectivity index (χ4v) is 1.80. The van der Waals surface area contributed by atoms with E-state index in [1.54, 1.807) is 42.5 Å². The zero-order valence-corrected chi connectivity index (χ0v) is 11.4. The average Bonchev–Trinajstić information content (AvgIpc) is 2.49. The molecule has 0 aromatic heterocycles. The molecule has 0 saturated carbocycles. The lowest BCUT2D eigenvalue weighted by Gasteiger charge is -2.07. The monoisotopic (exact) mass is 284 g/mol. The molecule has 0 radical (unpaired) electrons. The number of benzene rings is 2. The quantitative estimate of drug-likeness (QED) is 0.833. The minimum atomic E-state index is -0.212. The lowest BCUT2D eigenvalue weighted by molar-refractivity contribution is 0.102. The first-order valence-corrected chi connectivity index (χ1v) is 6.43. The molecule has 0 aliphatic rings. The number of hydrogen-bond donors (Lipinski definition) is 2. The van der Waals surface area contributed by atoms with E-state index in [0.29, 0.717) is 16.3 Å². The van der Waals surface area contributed by atoms with Crippen LogP contribution in [0.4, 0.5) is 5.69 Å². The van der Waals surface area contributed by atoms with Crippen molar-refractivity contribution in [3.63, 3.8) is 0 Å². The number of rotatable bonds is 2. The molecule has 0 atom stereocenters. The second-order valence-corrected chi connectivity index (χ2v) is 4.43. The Labute approximate surface area is 122 Å². The van der Waals surface area contributed by atoms with Crippen LogP contribution in [0.25, 0.3) is 0 Å². The summed E-state index contributed by atoms with van der Waals surface area (Å²) in [6.45, 7) is 0.286. The molecule has 3 N–H and O–H groups in total. The lowest BCUT2D eigenvalue weighted by Crippen LogP contribution is -2.12. The fraction of sp³-hybridized carbons (Fsp3) is 0.0625. The number of carbonyl (C=O) groups is 1. The van der Waals surface area contributed by atoms with Crippen molar-refractivity contribution >= 4 is 23.2 Å². The van der Waals surface area contributed by atoms with Crippen LogP contribution in [0, 0.1) is 11.8 Å². The molecule has 0 saturated heterocycles. The van der Waals surface area contributed by atoms with Gasteiger partial charge in [0, 0.05) is 11.1 Å². The zero-order valence-electron chi connectivity index (χ0n) is 10.7. The van der Waals surface area contributed by atoms with Crippen molar-refractivity contribution in [2.45, 2.75) is 0 Å². The standard InChI is InChI=1S/C16H13ClN2O/c17-14-9-8-12(5-4-10-18)11-15(14)19-16(20)13-6-2-1-3-7-13/h1-3,6-9,11H,10,18H2,(H,19,20). The van der Waals surface area contributed by atoms with Gasteiger partial charge in [0.05, 0.1) is 17.3 Å². The molecule has 0 unspecified atom stereocenters. The Morgan fingerprint density at radius 2 is 1.95 bits per heavy atom. The topological polar surface area (TPSA) is 55.1 Å². The third-order valence-corrected chi connectivity index (χ3v) is 2.91. The molecule has 20 heavy (non-hydrogen) atoms. The molecule has 1 amide bonds. The van der Waals surface area contributed by atoms with Gasteiger partial charge < -0.3 is 11.1 Å². The van der Waals surface area contributed by atoms with Gasteiger partial charge >= 0.3 is 0 Å². The largest absolute Gasteiger partial charge is 0.321 e. The second-order valence-electron chi connectivity index (χ2n) is 4.02. The lowest BCUT2D eigenvalue weighted by atomic mass is 10.1. The Kier molecular flexibility index (Phi) is 4.78. The Balaban J connectivity index is 2.22. The van der Waals surface area contributed by atoms with Gasteiger partial charge in [-0.2, -0.15) is 0 Å². The van der Waals surface area contributed by atoms with E-state index in [2.05, 4.69) is 17.2 Å². The normalized spacial score (nSPS) is 9.50. The molecule has 0 aliphatic heterocycles. The molecule has 2 aromatic carbocycles. The number of halogens is 1. The first-order chi connectivity index (χ1) is 9.70. The molecular weight excluding hydrogens is 272 g/mol. The van der Waals surface area contributed by atoms with Gasteiger partial charge in [-0.1, -0.05) is 41.6 Å². The summed E-state index contributed by atoms with van der Waals surface area (Å²) in [4.78, 5) is 12.1. The van der Waals surface area contributed by atoms with E-state index in [4.69, 9.17) is 17.3 Å². The Hall–Kier alpha value is -2.28. The fourth-order valence-electron chi connectivity index (χ4n) is 1.64. The maximum absolute atomic E-state index is 12.1. The number of hydrogen-bond acceptors (Lipinski definition) is 2. The van der Waals surface area contributed by atoms with Crippen molar-refractivity contribution in [1.29, 1.82) is 0 Å². The SMILES string of the molecule is NCC#Cc1ccc(Cl)c(NC(=O)c2ccccc2)c1. The van der Waals surface area contributed by atoms with Gasteiger partial charge in [-0.25, -0.2) is 0 Å². The molecule has 0 spiro atoms. The molecule has 4 heteroatoms. The van der Waals surface area contributed by atoms with Crippen molar-refractivity contribution in [3.05, 3.63) is 64.7 Å². The maximum Gasteiger partial charge on any atom is 0.255 e. The molecule has 2 rings (SSSR count). The van der Waals surface area contributed by atoms with Crippen LogP contribution in [0.1, 0.15) is 15.9 Å². The molecular formula is C16H13ClN2O. The summed E-state index contributed by atoms with van der Waals surface area (Å²) in [5.41, 5.74) is 7.19. The van der Waals surface area contributed by atoms with Gasteiger partial charge in [0.2, 0.25) is 0 Å². The van der Waals surface area contributed by atoms with Crippen LogP contribution in [-0.4, -0.2) is 12.5 Å². The molecule has 2 aromatic rings. The van der Waals surface area contributed by atoms with E-state index in [1.165, 1.54) is 0 Å². The van der Waals surface area contributed by atoms with E-state index in [1.807, 2.05) is 6.07 Å². The minimum Gasteiger partial charge on any atom is -0.321 e. The number of amides is 1. The second kappa shape index (κ2) is 6.76. The first kappa shape index (κ1) is 14.1. The van der Waals surface area contributed by atoms with Crippen LogP contribution in [-0.2, 0) is 0 Å². The van der Waals surface area contributed by atoms with Crippen molar-refractivity contribution in [3.8, 4) is 11.8 Å². The Morgan fingerprint density at radius 1 is 1.20 bits per heavy atom. The van der Waals surface area contributed by atoms with Crippen LogP contribution >= 0.6 is 11.6 Å². The molecule has 0 aliphatic carbocycles. The van der Waals surface area contributed by atoms with E-state index < -0.39 is 0 Å². The van der Waals surface area contributed by atoms with Crippen LogP contribution in [0.5, 0.6) is 0 Å². The highest BCUT2D eigenvalue weighted by atomic mass is 35.5. The van der Waals surface area contributed by atoms with Gasteiger partial charge in [-0.15, -0.1) is 0 Å². The van der Waals surface area contributed by atoms with E-state index in [0.717, 1.165) is 5.56 Å². The minimum absolute atomic E-state index is 0.212. The summed E-state index contributed by atoms with van der Waals surface area (Å²) >= 11 is 6.07. The van der Waals surface area contributed by atoms with Crippen LogP contribution in [0.3, 0.4) is 0 Å². The predicted molar refractivity (Wildman–Crippen MR) is 81.8 cm³/mol. The smallest absolute Gasteiger partial charge is 0.255 e. The maximum atomic E-state index is 12.1. The van der Waals surface area contributed by atoms with E-state index in [-0.39, 0.29) is 12.5 Å². The highest BCUT2D eigenvalue weighted by Gasteiger charge is 2.08. The van der Waals surface area contributed by atoms with Crippen molar-refractivity contribution in [2.24, 2.45) is 5.73 Å². The summed E-state index contributed by atoms with van der Waals surface area (Å²) in [6.07, 6.45) is 0. The van der Waals surface area contributed by atoms with Crippen molar-refractivity contribution < 1.29 is 4.79 Å². The highest BCUT2D eigenvalue weighted by molar-refractivity contribution is 6.34. The number of anilines is 1. The van der Waals surface area contributed by atoms with Crippen LogP contribution in [0.15, 0.2) is 48.5 Å². The summed E-state index contributed by atoms with van der Waals surface area (Å²) in [5, 5.41) is 3.24. The van der Waals surface area contributed by atoms with Gasteiger partial charge in [0.1, 0.15) is 0 Å². The summed E-state index contributed by atoms with van der Waals surface area (Å²) in [6, 6.07) is 14.1. The third kappa shape index (κ3) is 3.61. The van der Waals surface area contributed by atoms with Gasteiger partial charge in [-0.05, 0) is 30.3 Å². The summed E-state index contributed by atoms with van der Waals surface area (Å²) in [7, 11) is 0. The summed E-state index contributed by atoms with van der Waals surface area (Å²) in [5.74, 6) is 5.45. The molecule has 0 heterocycles. The molecule has 100 valence electrons. The molecule has 0 bridgehead atoms. The Morgan fingerprint density at radius 3 is 2.65 bits per heavy atom. The summed E-state index contributed by atoms with van der Waals surface area (Å²) < 4.78 is 0. The number of nitrogens with one attached hydrogen (secondary N) is 1. The van der Waals surface area contributed by atoms with Crippen LogP contribution in [0.2, 0.25) is 5.02 Å². The average molecular weight is 285 g/mol. The third-order valence-electron chi connectivity index (χ3n) is 2.59. The van der Waals surface area contributed by atoms with Gasteiger partial charge in [0.25, 0.3) is 5.91 Å². The van der Waals surface area contributed by atoms with Gasteiger partial charge in [0.15, 0.2) is 0 Å². The first-order valence-electron chi connectivity index (χ1n) is 6.05. The van der Waals surface area contributed by atoms with Gasteiger partial charge in [-0.3, -0.25) is 4.79 Å². The highest BCUT2D eigenvalue weighted by Crippen LogP contribution is 2.23. The van der Waals surface area contributed by atoms with Crippen LogP contribution < -0.4 is 11.1 Å².